The van der Waals surface area contributed by atoms with E-state index in [9.17, 15) is 4.39 Å². The lowest BCUT2D eigenvalue weighted by molar-refractivity contribution is 0.542. The molecule has 0 spiro atoms. The van der Waals surface area contributed by atoms with E-state index in [4.69, 9.17) is 0 Å². The summed E-state index contributed by atoms with van der Waals surface area (Å²) in [6.07, 6.45) is 3.84. The molecule has 0 saturated carbocycles. The van der Waals surface area contributed by atoms with Gasteiger partial charge < -0.3 is 5.32 Å². The molecule has 20 heavy (non-hydrogen) atoms. The number of rotatable bonds is 6. The first-order valence-electron chi connectivity index (χ1n) is 7.18. The summed E-state index contributed by atoms with van der Waals surface area (Å²) in [5.74, 6) is -0.268. The molecule has 1 N–H and O–H groups in total. The van der Waals surface area contributed by atoms with Crippen LogP contribution in [0.5, 0.6) is 0 Å². The number of hydrogen-bond donors (Lipinski definition) is 1. The molecule has 1 unspecified atom stereocenters. The Balaban J connectivity index is 2.31. The van der Waals surface area contributed by atoms with E-state index in [-0.39, 0.29) is 11.9 Å². The zero-order chi connectivity index (χ0) is 14.4. The first-order chi connectivity index (χ1) is 9.76. The van der Waals surface area contributed by atoms with Crippen LogP contribution in [-0.2, 0) is 6.42 Å². The summed E-state index contributed by atoms with van der Waals surface area (Å²) in [4.78, 5) is 4.19. The molecule has 0 bridgehead atoms. The van der Waals surface area contributed by atoms with Crippen molar-refractivity contribution >= 4 is 0 Å². The molecule has 0 aliphatic rings. The van der Waals surface area contributed by atoms with E-state index >= 15 is 0 Å². The maximum absolute atomic E-state index is 13.9. The third-order valence-electron chi connectivity index (χ3n) is 3.32. The van der Waals surface area contributed by atoms with Crippen molar-refractivity contribution in [1.29, 1.82) is 0 Å². The topological polar surface area (TPSA) is 24.9 Å². The summed E-state index contributed by atoms with van der Waals surface area (Å²) in [7, 11) is 0. The number of nitrogens with zero attached hydrogens (tertiary/aromatic N) is 1. The van der Waals surface area contributed by atoms with Gasteiger partial charge in [0.05, 0.1) is 11.7 Å². The summed E-state index contributed by atoms with van der Waals surface area (Å²) in [6, 6.07) is 11.2. The van der Waals surface area contributed by atoms with Crippen molar-refractivity contribution in [3.05, 3.63) is 65.2 Å². The van der Waals surface area contributed by atoms with Crippen molar-refractivity contribution in [3.63, 3.8) is 0 Å². The van der Waals surface area contributed by atoms with E-state index in [0.717, 1.165) is 24.9 Å². The Labute approximate surface area is 120 Å². The lowest BCUT2D eigenvalue weighted by Gasteiger charge is -2.18. The Morgan fingerprint density at radius 2 is 1.90 bits per heavy atom. The molecular weight excluding hydrogens is 251 g/mol. The Morgan fingerprint density at radius 3 is 2.50 bits per heavy atom. The second kappa shape index (κ2) is 7.15. The van der Waals surface area contributed by atoms with E-state index in [2.05, 4.69) is 41.5 Å². The quantitative estimate of drug-likeness (QED) is 0.863. The highest BCUT2D eigenvalue weighted by Gasteiger charge is 2.17. The van der Waals surface area contributed by atoms with Crippen LogP contribution in [0.25, 0.3) is 0 Å². The highest BCUT2D eigenvalue weighted by Crippen LogP contribution is 2.23. The molecule has 106 valence electrons. The zero-order valence-electron chi connectivity index (χ0n) is 12.1. The Morgan fingerprint density at radius 1 is 1.15 bits per heavy atom. The molecular formula is C17H21FN2. The van der Waals surface area contributed by atoms with Crippen molar-refractivity contribution < 1.29 is 4.39 Å². The zero-order valence-corrected chi connectivity index (χ0v) is 12.1. The lowest BCUT2D eigenvalue weighted by Crippen LogP contribution is -2.24. The van der Waals surface area contributed by atoms with E-state index < -0.39 is 0 Å². The molecule has 1 aromatic heterocycles. The van der Waals surface area contributed by atoms with Crippen LogP contribution in [0.15, 0.2) is 42.6 Å². The molecule has 1 heterocycles. The molecule has 2 nitrogen and oxygen atoms in total. The molecule has 0 amide bonds. The summed E-state index contributed by atoms with van der Waals surface area (Å²) >= 11 is 0. The average molecular weight is 272 g/mol. The third-order valence-corrected chi connectivity index (χ3v) is 3.32. The van der Waals surface area contributed by atoms with Gasteiger partial charge in [-0.3, -0.25) is 4.98 Å². The van der Waals surface area contributed by atoms with Gasteiger partial charge in [0.15, 0.2) is 0 Å². The minimum atomic E-state index is -0.268. The van der Waals surface area contributed by atoms with Crippen molar-refractivity contribution in [2.45, 2.75) is 32.7 Å². The van der Waals surface area contributed by atoms with Gasteiger partial charge in [0.25, 0.3) is 0 Å². The van der Waals surface area contributed by atoms with Gasteiger partial charge in [-0.15, -0.1) is 0 Å². The SMILES string of the molecule is CCCc1ccc(C(NCC)c2ncccc2F)cc1. The second-order valence-electron chi connectivity index (χ2n) is 4.85. The van der Waals surface area contributed by atoms with Gasteiger partial charge >= 0.3 is 0 Å². The number of hydrogen-bond acceptors (Lipinski definition) is 2. The van der Waals surface area contributed by atoms with Crippen LogP contribution in [-0.4, -0.2) is 11.5 Å². The van der Waals surface area contributed by atoms with Crippen LogP contribution >= 0.6 is 0 Å². The average Bonchev–Trinajstić information content (AvgIpc) is 2.47. The minimum absolute atomic E-state index is 0.197. The normalized spacial score (nSPS) is 12.3. The van der Waals surface area contributed by atoms with Gasteiger partial charge in [-0.1, -0.05) is 44.5 Å². The van der Waals surface area contributed by atoms with Crippen LogP contribution in [0.3, 0.4) is 0 Å². The van der Waals surface area contributed by atoms with Crippen molar-refractivity contribution in [3.8, 4) is 0 Å². The van der Waals surface area contributed by atoms with Crippen LogP contribution in [0.4, 0.5) is 4.39 Å². The standard InChI is InChI=1S/C17H21FN2/c1-3-6-13-8-10-14(11-9-13)16(19-4-2)17-15(18)7-5-12-20-17/h5,7-12,16,19H,3-4,6H2,1-2H3. The van der Waals surface area contributed by atoms with Gasteiger partial charge in [-0.25, -0.2) is 4.39 Å². The molecule has 0 aliphatic heterocycles. The van der Waals surface area contributed by atoms with E-state index in [1.54, 1.807) is 12.3 Å². The fourth-order valence-corrected chi connectivity index (χ4v) is 2.35. The molecule has 2 rings (SSSR count). The van der Waals surface area contributed by atoms with Gasteiger partial charge in [-0.05, 0) is 36.2 Å². The van der Waals surface area contributed by atoms with E-state index in [0.29, 0.717) is 5.69 Å². The number of aryl methyl sites for hydroxylation is 1. The fraction of sp³-hybridized carbons (Fsp3) is 0.353. The van der Waals surface area contributed by atoms with E-state index in [1.807, 2.05) is 6.92 Å². The lowest BCUT2D eigenvalue weighted by atomic mass is 10.00. The predicted octanol–water partition coefficient (Wildman–Crippen LogP) is 3.87. The second-order valence-corrected chi connectivity index (χ2v) is 4.85. The Bertz CT molecular complexity index is 537. The van der Waals surface area contributed by atoms with Gasteiger partial charge in [0, 0.05) is 6.20 Å². The fourth-order valence-electron chi connectivity index (χ4n) is 2.35. The number of pyridine rings is 1. The first kappa shape index (κ1) is 14.7. The van der Waals surface area contributed by atoms with Gasteiger partial charge in [0.1, 0.15) is 5.82 Å². The van der Waals surface area contributed by atoms with Crippen LogP contribution < -0.4 is 5.32 Å². The maximum Gasteiger partial charge on any atom is 0.146 e. The third kappa shape index (κ3) is 3.42. The minimum Gasteiger partial charge on any atom is -0.305 e. The maximum atomic E-state index is 13.9. The summed E-state index contributed by atoms with van der Waals surface area (Å²) in [5.41, 5.74) is 2.81. The van der Waals surface area contributed by atoms with Crippen LogP contribution in [0.1, 0.15) is 43.1 Å². The predicted molar refractivity (Wildman–Crippen MR) is 80.2 cm³/mol. The number of nitrogens with one attached hydrogen (secondary N) is 1. The summed E-state index contributed by atoms with van der Waals surface area (Å²) < 4.78 is 13.9. The molecule has 2 aromatic rings. The largest absolute Gasteiger partial charge is 0.305 e. The Kier molecular flexibility index (Phi) is 5.24. The van der Waals surface area contributed by atoms with Gasteiger partial charge in [-0.2, -0.15) is 0 Å². The monoisotopic (exact) mass is 272 g/mol. The molecule has 0 radical (unpaired) electrons. The molecule has 0 saturated heterocycles. The molecule has 1 aromatic carbocycles. The van der Waals surface area contributed by atoms with Crippen LogP contribution in [0.2, 0.25) is 0 Å². The molecule has 1 atom stereocenters. The van der Waals surface area contributed by atoms with Gasteiger partial charge in [0.2, 0.25) is 0 Å². The number of halogens is 1. The highest BCUT2D eigenvalue weighted by atomic mass is 19.1. The van der Waals surface area contributed by atoms with Crippen molar-refractivity contribution in [2.24, 2.45) is 0 Å². The summed E-state index contributed by atoms with van der Waals surface area (Å²) in [5, 5.41) is 3.30. The number of aromatic nitrogens is 1. The molecule has 0 aliphatic carbocycles. The van der Waals surface area contributed by atoms with Crippen LogP contribution in [0, 0.1) is 5.82 Å². The Hall–Kier alpha value is -1.74. The molecule has 3 heteroatoms. The smallest absolute Gasteiger partial charge is 0.146 e. The van der Waals surface area contributed by atoms with Crippen molar-refractivity contribution in [2.75, 3.05) is 6.54 Å². The summed E-state index contributed by atoms with van der Waals surface area (Å²) in [6.45, 7) is 4.94. The number of benzene rings is 1. The van der Waals surface area contributed by atoms with E-state index in [1.165, 1.54) is 11.6 Å². The van der Waals surface area contributed by atoms with Crippen molar-refractivity contribution in [1.82, 2.24) is 10.3 Å². The highest BCUT2D eigenvalue weighted by molar-refractivity contribution is 5.31. The first-order valence-corrected chi connectivity index (χ1v) is 7.18. The molecule has 0 fully saturated rings.